The number of nitrogens with one attached hydrogen (secondary N) is 1. The van der Waals surface area contributed by atoms with E-state index in [1.165, 1.54) is 11.9 Å². The lowest BCUT2D eigenvalue weighted by Crippen LogP contribution is -2.36. The third-order valence-corrected chi connectivity index (χ3v) is 3.24. The smallest absolute Gasteiger partial charge is 0.278 e. The van der Waals surface area contributed by atoms with Crippen LogP contribution in [0.25, 0.3) is 0 Å². The summed E-state index contributed by atoms with van der Waals surface area (Å²) in [6, 6.07) is 7.97. The lowest BCUT2D eigenvalue weighted by molar-refractivity contribution is 0.0982. The summed E-state index contributed by atoms with van der Waals surface area (Å²) < 4.78 is 0. The second-order valence-electron chi connectivity index (χ2n) is 4.35. The van der Waals surface area contributed by atoms with Crippen molar-refractivity contribution >= 4 is 17.4 Å². The number of hydrogen-bond donors (Lipinski definition) is 2. The predicted molar refractivity (Wildman–Crippen MR) is 69.4 cm³/mol. The minimum absolute atomic E-state index is 0.114. The molecule has 0 bridgehead atoms. The van der Waals surface area contributed by atoms with Crippen molar-refractivity contribution < 1.29 is 4.79 Å². The van der Waals surface area contributed by atoms with Crippen molar-refractivity contribution in [3.8, 4) is 0 Å². The van der Waals surface area contributed by atoms with Gasteiger partial charge in [-0.05, 0) is 24.5 Å². The molecule has 92 valence electrons. The van der Waals surface area contributed by atoms with E-state index in [0.29, 0.717) is 12.2 Å². The molecule has 1 aromatic heterocycles. The maximum atomic E-state index is 12.4. The molecule has 1 aliphatic heterocycles. The van der Waals surface area contributed by atoms with Crippen LogP contribution in [0.5, 0.6) is 0 Å². The first-order chi connectivity index (χ1) is 8.77. The van der Waals surface area contributed by atoms with Gasteiger partial charge in [0, 0.05) is 12.2 Å². The molecule has 0 atom stereocenters. The van der Waals surface area contributed by atoms with E-state index in [1.807, 2.05) is 18.2 Å². The molecule has 0 fully saturated rings. The summed E-state index contributed by atoms with van der Waals surface area (Å²) in [5.74, 6) is 0.139. The van der Waals surface area contributed by atoms with Gasteiger partial charge in [-0.1, -0.05) is 18.2 Å². The zero-order chi connectivity index (χ0) is 12.5. The Bertz CT molecular complexity index is 590. The lowest BCUT2D eigenvalue weighted by Gasteiger charge is -2.29. The summed E-state index contributed by atoms with van der Waals surface area (Å²) in [5.41, 5.74) is 8.22. The van der Waals surface area contributed by atoms with E-state index in [0.717, 1.165) is 18.5 Å². The Morgan fingerprint density at radius 1 is 1.39 bits per heavy atom. The fourth-order valence-corrected chi connectivity index (χ4v) is 2.36. The Balaban J connectivity index is 2.00. The van der Waals surface area contributed by atoms with Crippen LogP contribution in [-0.2, 0) is 6.42 Å². The topological polar surface area (TPSA) is 75.0 Å². The average molecular weight is 242 g/mol. The molecule has 1 amide bonds. The minimum atomic E-state index is -0.114. The molecule has 3 rings (SSSR count). The van der Waals surface area contributed by atoms with Crippen LogP contribution in [0, 0.1) is 0 Å². The minimum Gasteiger partial charge on any atom is -0.382 e. The molecule has 2 aromatic rings. The van der Waals surface area contributed by atoms with Crippen LogP contribution in [0.3, 0.4) is 0 Å². The molecule has 0 unspecified atom stereocenters. The van der Waals surface area contributed by atoms with Crippen LogP contribution in [0.15, 0.2) is 30.6 Å². The quantitative estimate of drug-likeness (QED) is 0.797. The number of H-pyrrole nitrogens is 1. The van der Waals surface area contributed by atoms with Gasteiger partial charge in [0.2, 0.25) is 0 Å². The van der Waals surface area contributed by atoms with E-state index < -0.39 is 0 Å². The summed E-state index contributed by atoms with van der Waals surface area (Å²) in [7, 11) is 0. The van der Waals surface area contributed by atoms with Gasteiger partial charge in [0.25, 0.3) is 5.91 Å². The highest BCUT2D eigenvalue weighted by atomic mass is 16.2. The summed E-state index contributed by atoms with van der Waals surface area (Å²) in [4.78, 5) is 20.9. The second kappa shape index (κ2) is 4.18. The van der Waals surface area contributed by atoms with Crippen LogP contribution >= 0.6 is 0 Å². The summed E-state index contributed by atoms with van der Waals surface area (Å²) >= 11 is 0. The number of benzene rings is 1. The zero-order valence-corrected chi connectivity index (χ0v) is 9.89. The van der Waals surface area contributed by atoms with E-state index in [1.54, 1.807) is 4.90 Å². The van der Waals surface area contributed by atoms with Crippen LogP contribution in [-0.4, -0.2) is 22.4 Å². The van der Waals surface area contributed by atoms with Gasteiger partial charge < -0.3 is 15.6 Å². The molecule has 1 aliphatic rings. The maximum Gasteiger partial charge on any atom is 0.278 e. The molecule has 0 radical (unpaired) electrons. The van der Waals surface area contributed by atoms with Crippen molar-refractivity contribution in [3.05, 3.63) is 41.9 Å². The Morgan fingerprint density at radius 3 is 3.00 bits per heavy atom. The highest BCUT2D eigenvalue weighted by Gasteiger charge is 2.25. The lowest BCUT2D eigenvalue weighted by atomic mass is 10.0. The number of carbonyl (C=O) groups is 1. The van der Waals surface area contributed by atoms with E-state index in [2.05, 4.69) is 16.0 Å². The van der Waals surface area contributed by atoms with E-state index >= 15 is 0 Å². The van der Waals surface area contributed by atoms with E-state index in [9.17, 15) is 4.79 Å². The predicted octanol–water partition coefficient (Wildman–Crippen LogP) is 1.58. The number of rotatable bonds is 1. The molecule has 3 N–H and O–H groups in total. The Kier molecular flexibility index (Phi) is 2.51. The number of nitrogen functional groups attached to an aromatic ring is 1. The number of fused-ring (bicyclic) bond motifs is 1. The van der Waals surface area contributed by atoms with Crippen LogP contribution in [0.1, 0.15) is 22.5 Å². The number of para-hydroxylation sites is 1. The maximum absolute atomic E-state index is 12.4. The number of hydrogen-bond acceptors (Lipinski definition) is 3. The largest absolute Gasteiger partial charge is 0.382 e. The summed E-state index contributed by atoms with van der Waals surface area (Å²) in [5, 5.41) is 0. The number of nitrogens with two attached hydrogens (primary N) is 1. The zero-order valence-electron chi connectivity index (χ0n) is 9.89. The molecule has 5 heteroatoms. The van der Waals surface area contributed by atoms with Gasteiger partial charge in [-0.2, -0.15) is 0 Å². The van der Waals surface area contributed by atoms with Gasteiger partial charge in [-0.25, -0.2) is 4.98 Å². The molecule has 0 aliphatic carbocycles. The highest BCUT2D eigenvalue weighted by molar-refractivity contribution is 6.08. The Morgan fingerprint density at radius 2 is 2.22 bits per heavy atom. The molecule has 1 aromatic carbocycles. The number of anilines is 2. The number of aromatic nitrogens is 2. The van der Waals surface area contributed by atoms with Gasteiger partial charge >= 0.3 is 0 Å². The van der Waals surface area contributed by atoms with E-state index in [-0.39, 0.29) is 11.7 Å². The normalized spacial score (nSPS) is 14.3. The highest BCUT2D eigenvalue weighted by Crippen LogP contribution is 2.28. The van der Waals surface area contributed by atoms with Crippen molar-refractivity contribution in [2.45, 2.75) is 12.8 Å². The van der Waals surface area contributed by atoms with E-state index in [4.69, 9.17) is 5.73 Å². The molecule has 0 saturated heterocycles. The van der Waals surface area contributed by atoms with Gasteiger partial charge in [-0.15, -0.1) is 0 Å². The number of amides is 1. The van der Waals surface area contributed by atoms with Crippen LogP contribution in [0.2, 0.25) is 0 Å². The molecule has 0 saturated carbocycles. The van der Waals surface area contributed by atoms with Gasteiger partial charge in [-0.3, -0.25) is 4.79 Å². The first-order valence-electron chi connectivity index (χ1n) is 5.96. The SMILES string of the molecule is Nc1nc[nH]c1C(=O)N1CCCc2ccccc21. The molecule has 18 heavy (non-hydrogen) atoms. The summed E-state index contributed by atoms with van der Waals surface area (Å²) in [6.07, 6.45) is 3.42. The number of carbonyl (C=O) groups excluding carboxylic acids is 1. The Hall–Kier alpha value is -2.30. The fraction of sp³-hybridized carbons (Fsp3) is 0.231. The molecule has 0 spiro atoms. The van der Waals surface area contributed by atoms with Crippen molar-refractivity contribution in [1.82, 2.24) is 9.97 Å². The molecular weight excluding hydrogens is 228 g/mol. The van der Waals surface area contributed by atoms with Crippen LogP contribution in [0.4, 0.5) is 11.5 Å². The summed E-state index contributed by atoms with van der Waals surface area (Å²) in [6.45, 7) is 0.717. The third-order valence-electron chi connectivity index (χ3n) is 3.24. The van der Waals surface area contributed by atoms with Crippen molar-refractivity contribution in [1.29, 1.82) is 0 Å². The number of imidazole rings is 1. The van der Waals surface area contributed by atoms with Gasteiger partial charge in [0.1, 0.15) is 5.69 Å². The third kappa shape index (κ3) is 1.64. The molecule has 5 nitrogen and oxygen atoms in total. The number of nitrogens with zero attached hydrogens (tertiary/aromatic N) is 2. The monoisotopic (exact) mass is 242 g/mol. The second-order valence-corrected chi connectivity index (χ2v) is 4.35. The first-order valence-corrected chi connectivity index (χ1v) is 5.96. The standard InChI is InChI=1S/C13H14N4O/c14-12-11(15-8-16-12)13(18)17-7-3-5-9-4-1-2-6-10(9)17/h1-2,4,6,8H,3,5,7,14H2,(H,15,16). The van der Waals surface area contributed by atoms with Crippen LogP contribution < -0.4 is 10.6 Å². The fourth-order valence-electron chi connectivity index (χ4n) is 2.36. The van der Waals surface area contributed by atoms with Gasteiger partial charge in [0.05, 0.1) is 6.33 Å². The molecule has 2 heterocycles. The number of aromatic amines is 1. The Labute approximate surface area is 105 Å². The number of aryl methyl sites for hydroxylation is 1. The van der Waals surface area contributed by atoms with Crippen molar-refractivity contribution in [2.75, 3.05) is 17.2 Å². The first kappa shape index (κ1) is 10.8. The average Bonchev–Trinajstić information content (AvgIpc) is 2.83. The van der Waals surface area contributed by atoms with Crippen molar-refractivity contribution in [3.63, 3.8) is 0 Å². The van der Waals surface area contributed by atoms with Crippen molar-refractivity contribution in [2.24, 2.45) is 0 Å². The van der Waals surface area contributed by atoms with Gasteiger partial charge in [0.15, 0.2) is 5.82 Å². The molecular formula is C13H14N4O.